The fourth-order valence-corrected chi connectivity index (χ4v) is 2.15. The van der Waals surface area contributed by atoms with Crippen LogP contribution >= 0.6 is 0 Å². The van der Waals surface area contributed by atoms with E-state index in [1.807, 2.05) is 30.3 Å². The number of urea groups is 1. The molecule has 0 aliphatic heterocycles. The third-order valence-electron chi connectivity index (χ3n) is 3.26. The van der Waals surface area contributed by atoms with E-state index in [1.165, 1.54) is 7.11 Å². The number of benzene rings is 1. The average molecular weight is 306 g/mol. The van der Waals surface area contributed by atoms with Gasteiger partial charge in [0.1, 0.15) is 11.3 Å². The van der Waals surface area contributed by atoms with Gasteiger partial charge in [0, 0.05) is 32.0 Å². The van der Waals surface area contributed by atoms with Crippen molar-refractivity contribution in [3.05, 3.63) is 36.1 Å². The van der Waals surface area contributed by atoms with E-state index in [1.54, 1.807) is 0 Å². The van der Waals surface area contributed by atoms with Crippen LogP contribution in [0.2, 0.25) is 0 Å². The first-order chi connectivity index (χ1) is 10.7. The molecule has 0 saturated carbocycles. The summed E-state index contributed by atoms with van der Waals surface area (Å²) >= 11 is 0. The number of carbonyl (C=O) groups excluding carboxylic acids is 1. The minimum Gasteiger partial charge on any atom is -0.461 e. The van der Waals surface area contributed by atoms with Crippen molar-refractivity contribution in [2.24, 2.45) is 0 Å². The van der Waals surface area contributed by atoms with Gasteiger partial charge < -0.3 is 24.9 Å². The first kappa shape index (κ1) is 16.3. The van der Waals surface area contributed by atoms with Crippen LogP contribution in [0.3, 0.4) is 0 Å². The van der Waals surface area contributed by atoms with Crippen LogP contribution in [-0.4, -0.2) is 44.0 Å². The van der Waals surface area contributed by atoms with Gasteiger partial charge in [0.25, 0.3) is 0 Å². The molecule has 0 spiro atoms. The number of ether oxygens (including phenoxy) is 1. The van der Waals surface area contributed by atoms with Gasteiger partial charge in [-0.1, -0.05) is 18.2 Å². The Balaban J connectivity index is 1.64. The Morgan fingerprint density at radius 3 is 2.86 bits per heavy atom. The van der Waals surface area contributed by atoms with Crippen LogP contribution in [-0.2, 0) is 11.2 Å². The molecule has 1 aromatic carbocycles. The van der Waals surface area contributed by atoms with Crippen LogP contribution in [0.15, 0.2) is 34.7 Å². The fourth-order valence-electron chi connectivity index (χ4n) is 2.15. The Kier molecular flexibility index (Phi) is 6.24. The van der Waals surface area contributed by atoms with E-state index in [0.717, 1.165) is 16.7 Å². The summed E-state index contributed by atoms with van der Waals surface area (Å²) in [6, 6.07) is 9.54. The smallest absolute Gasteiger partial charge is 0.314 e. The van der Waals surface area contributed by atoms with E-state index in [9.17, 15) is 9.90 Å². The molecule has 1 atom stereocenters. The maximum atomic E-state index is 11.6. The van der Waals surface area contributed by atoms with Gasteiger partial charge in [-0.15, -0.1) is 0 Å². The van der Waals surface area contributed by atoms with Crippen LogP contribution in [0, 0.1) is 0 Å². The first-order valence-electron chi connectivity index (χ1n) is 7.35. The van der Waals surface area contributed by atoms with E-state index >= 15 is 0 Å². The summed E-state index contributed by atoms with van der Waals surface area (Å²) in [5, 5.41) is 16.0. The molecule has 2 rings (SSSR count). The van der Waals surface area contributed by atoms with Gasteiger partial charge in [-0.3, -0.25) is 0 Å². The van der Waals surface area contributed by atoms with E-state index in [2.05, 4.69) is 10.6 Å². The minimum absolute atomic E-state index is 0.249. The number of rotatable bonds is 8. The topological polar surface area (TPSA) is 83.7 Å². The number of fused-ring (bicyclic) bond motifs is 1. The van der Waals surface area contributed by atoms with Crippen molar-refractivity contribution in [1.82, 2.24) is 10.6 Å². The molecule has 0 fully saturated rings. The molecule has 2 aromatic rings. The first-order valence-corrected chi connectivity index (χ1v) is 7.35. The summed E-state index contributed by atoms with van der Waals surface area (Å²) in [6.07, 6.45) is 0.542. The van der Waals surface area contributed by atoms with Crippen LogP contribution in [0.4, 0.5) is 4.79 Å². The van der Waals surface area contributed by atoms with Crippen molar-refractivity contribution in [2.45, 2.75) is 18.9 Å². The molecule has 0 saturated heterocycles. The van der Waals surface area contributed by atoms with Crippen molar-refractivity contribution < 1.29 is 19.1 Å². The van der Waals surface area contributed by atoms with Crippen LogP contribution in [0.5, 0.6) is 0 Å². The molecular formula is C16H22N2O4. The zero-order chi connectivity index (χ0) is 15.8. The normalized spacial score (nSPS) is 12.3. The number of hydrogen-bond donors (Lipinski definition) is 3. The molecule has 120 valence electrons. The molecule has 22 heavy (non-hydrogen) atoms. The molecule has 0 aliphatic rings. The van der Waals surface area contributed by atoms with Crippen LogP contribution in [0.25, 0.3) is 11.0 Å². The van der Waals surface area contributed by atoms with E-state index in [0.29, 0.717) is 25.9 Å². The number of para-hydroxylation sites is 1. The van der Waals surface area contributed by atoms with Gasteiger partial charge in [-0.25, -0.2) is 4.79 Å². The quantitative estimate of drug-likeness (QED) is 0.693. The number of aliphatic hydroxyl groups is 1. The largest absolute Gasteiger partial charge is 0.461 e. The molecule has 0 bridgehead atoms. The van der Waals surface area contributed by atoms with E-state index < -0.39 is 6.10 Å². The van der Waals surface area contributed by atoms with Crippen molar-refractivity contribution >= 4 is 17.0 Å². The molecule has 0 radical (unpaired) electrons. The molecule has 0 aliphatic carbocycles. The zero-order valence-corrected chi connectivity index (χ0v) is 12.7. The van der Waals surface area contributed by atoms with Gasteiger partial charge >= 0.3 is 6.03 Å². The molecule has 1 aromatic heterocycles. The lowest BCUT2D eigenvalue weighted by Gasteiger charge is -2.10. The second-order valence-electron chi connectivity index (χ2n) is 5.08. The van der Waals surface area contributed by atoms with Crippen LogP contribution < -0.4 is 10.6 Å². The Bertz CT molecular complexity index is 564. The Morgan fingerprint density at radius 1 is 1.32 bits per heavy atom. The van der Waals surface area contributed by atoms with Gasteiger partial charge in [0.2, 0.25) is 0 Å². The molecule has 6 heteroatoms. The summed E-state index contributed by atoms with van der Waals surface area (Å²) < 4.78 is 10.5. The highest BCUT2D eigenvalue weighted by Crippen LogP contribution is 2.18. The second kappa shape index (κ2) is 8.41. The number of aliphatic hydroxyl groups excluding tert-OH is 1. The van der Waals surface area contributed by atoms with Gasteiger partial charge in [-0.05, 0) is 18.6 Å². The summed E-state index contributed by atoms with van der Waals surface area (Å²) in [7, 11) is 1.53. The molecule has 2 amide bonds. The number of amides is 2. The number of hydrogen-bond acceptors (Lipinski definition) is 4. The Hall–Kier alpha value is -2.05. The van der Waals surface area contributed by atoms with Gasteiger partial charge in [0.05, 0.1) is 12.7 Å². The Morgan fingerprint density at radius 2 is 2.09 bits per heavy atom. The number of furan rings is 1. The summed E-state index contributed by atoms with van der Waals surface area (Å²) in [5.41, 5.74) is 0.856. The monoisotopic (exact) mass is 306 g/mol. The number of methoxy groups -OCH3 is 1. The highest BCUT2D eigenvalue weighted by molar-refractivity contribution is 5.77. The predicted molar refractivity (Wildman–Crippen MR) is 83.8 cm³/mol. The molecular weight excluding hydrogens is 284 g/mol. The van der Waals surface area contributed by atoms with Crippen molar-refractivity contribution in [1.29, 1.82) is 0 Å². The number of nitrogens with one attached hydrogen (secondary N) is 2. The van der Waals surface area contributed by atoms with E-state index in [-0.39, 0.29) is 12.6 Å². The summed E-state index contributed by atoms with van der Waals surface area (Å²) in [4.78, 5) is 11.6. The molecule has 1 heterocycles. The summed E-state index contributed by atoms with van der Waals surface area (Å²) in [6.45, 7) is 1.17. The number of carbonyl (C=O) groups is 1. The lowest BCUT2D eigenvalue weighted by Crippen LogP contribution is -2.38. The average Bonchev–Trinajstić information content (AvgIpc) is 2.90. The van der Waals surface area contributed by atoms with E-state index in [4.69, 9.17) is 9.15 Å². The second-order valence-corrected chi connectivity index (χ2v) is 5.08. The lowest BCUT2D eigenvalue weighted by molar-refractivity contribution is 0.0599. The molecule has 1 unspecified atom stereocenters. The van der Waals surface area contributed by atoms with Crippen LogP contribution in [0.1, 0.15) is 12.2 Å². The maximum Gasteiger partial charge on any atom is 0.314 e. The lowest BCUT2D eigenvalue weighted by atomic mass is 10.2. The SMILES string of the molecule is COCC(O)CCNC(=O)NCCc1cc2ccccc2o1. The third kappa shape index (κ3) is 5.05. The predicted octanol–water partition coefficient (Wildman–Crippen LogP) is 1.67. The summed E-state index contributed by atoms with van der Waals surface area (Å²) in [5.74, 6) is 0.844. The Labute approximate surface area is 129 Å². The van der Waals surface area contributed by atoms with Crippen molar-refractivity contribution in [2.75, 3.05) is 26.8 Å². The van der Waals surface area contributed by atoms with Crippen molar-refractivity contribution in [3.8, 4) is 0 Å². The minimum atomic E-state index is -0.555. The van der Waals surface area contributed by atoms with Gasteiger partial charge in [0.15, 0.2) is 0 Å². The third-order valence-corrected chi connectivity index (χ3v) is 3.26. The molecule has 6 nitrogen and oxygen atoms in total. The maximum absolute atomic E-state index is 11.6. The highest BCUT2D eigenvalue weighted by atomic mass is 16.5. The van der Waals surface area contributed by atoms with Gasteiger partial charge in [-0.2, -0.15) is 0 Å². The molecule has 3 N–H and O–H groups in total. The van der Waals surface area contributed by atoms with Crippen molar-refractivity contribution in [3.63, 3.8) is 0 Å². The fraction of sp³-hybridized carbons (Fsp3) is 0.438. The zero-order valence-electron chi connectivity index (χ0n) is 12.7. The standard InChI is InChI=1S/C16H22N2O4/c1-21-11-13(19)6-8-17-16(20)18-9-7-14-10-12-4-2-3-5-15(12)22-14/h2-5,10,13,19H,6-9,11H2,1H3,(H2,17,18,20). The highest BCUT2D eigenvalue weighted by Gasteiger charge is 2.06.